The van der Waals surface area contributed by atoms with E-state index in [2.05, 4.69) is 10.6 Å². The molecule has 16 heavy (non-hydrogen) atoms. The minimum absolute atomic E-state index is 0.194. The molecule has 4 nitrogen and oxygen atoms in total. The lowest BCUT2D eigenvalue weighted by molar-refractivity contribution is -0.120. The van der Waals surface area contributed by atoms with Crippen molar-refractivity contribution >= 4 is 11.6 Å². The van der Waals surface area contributed by atoms with E-state index in [1.165, 1.54) is 12.1 Å². The summed E-state index contributed by atoms with van der Waals surface area (Å²) in [6.07, 6.45) is 0. The van der Waals surface area contributed by atoms with Gasteiger partial charge in [-0.1, -0.05) is 12.1 Å². The first kappa shape index (κ1) is 11.0. The van der Waals surface area contributed by atoms with Crippen molar-refractivity contribution in [3.63, 3.8) is 0 Å². The molecule has 0 bridgehead atoms. The molecule has 0 aromatic heterocycles. The maximum Gasteiger partial charge on any atom is 0.243 e. The molecule has 0 spiro atoms. The van der Waals surface area contributed by atoms with E-state index >= 15 is 0 Å². The number of amides is 1. The molecular weight excluding hydrogens is 211 g/mol. The van der Waals surface area contributed by atoms with E-state index in [-0.39, 0.29) is 11.6 Å². The second kappa shape index (κ2) is 5.05. The lowest BCUT2D eigenvalue weighted by atomic mass is 10.2. The summed E-state index contributed by atoms with van der Waals surface area (Å²) in [5.41, 5.74) is 0.194. The second-order valence-corrected chi connectivity index (χ2v) is 3.55. The number of hydrogen-bond donors (Lipinski definition) is 2. The van der Waals surface area contributed by atoms with Crippen LogP contribution in [0.25, 0.3) is 0 Å². The maximum atomic E-state index is 13.3. The van der Waals surface area contributed by atoms with Crippen LogP contribution in [0.5, 0.6) is 0 Å². The lowest BCUT2D eigenvalue weighted by Gasteiger charge is -2.22. The molecule has 1 aromatic carbocycles. The van der Waals surface area contributed by atoms with Crippen LogP contribution in [0.15, 0.2) is 24.3 Å². The van der Waals surface area contributed by atoms with Crippen LogP contribution in [-0.4, -0.2) is 31.7 Å². The fourth-order valence-corrected chi connectivity index (χ4v) is 1.52. The van der Waals surface area contributed by atoms with Gasteiger partial charge in [0.05, 0.1) is 18.9 Å². The van der Waals surface area contributed by atoms with Gasteiger partial charge in [-0.2, -0.15) is 0 Å². The van der Waals surface area contributed by atoms with Crippen LogP contribution in [0.4, 0.5) is 10.1 Å². The SMILES string of the molecule is O=C(Nc1ccccc1F)C1COCCN1. The molecule has 0 saturated carbocycles. The van der Waals surface area contributed by atoms with Crippen LogP contribution in [0.1, 0.15) is 0 Å². The first-order chi connectivity index (χ1) is 7.77. The van der Waals surface area contributed by atoms with E-state index in [4.69, 9.17) is 4.74 Å². The van der Waals surface area contributed by atoms with Gasteiger partial charge in [-0.3, -0.25) is 4.79 Å². The Morgan fingerprint density at radius 3 is 3.00 bits per heavy atom. The molecule has 0 radical (unpaired) electrons. The van der Waals surface area contributed by atoms with Crippen molar-refractivity contribution in [2.24, 2.45) is 0 Å². The Hall–Kier alpha value is -1.46. The third-order valence-electron chi connectivity index (χ3n) is 2.37. The normalized spacial score (nSPS) is 20.4. The quantitative estimate of drug-likeness (QED) is 0.779. The standard InChI is InChI=1S/C11H13FN2O2/c12-8-3-1-2-4-9(8)14-11(15)10-7-16-6-5-13-10/h1-4,10,13H,5-7H2,(H,14,15). The van der Waals surface area contributed by atoms with Crippen molar-refractivity contribution in [1.29, 1.82) is 0 Å². The van der Waals surface area contributed by atoms with Gasteiger partial charge in [0.25, 0.3) is 0 Å². The highest BCUT2D eigenvalue weighted by molar-refractivity contribution is 5.95. The molecule has 86 valence electrons. The highest BCUT2D eigenvalue weighted by Crippen LogP contribution is 2.12. The van der Waals surface area contributed by atoms with Gasteiger partial charge in [0.1, 0.15) is 11.9 Å². The van der Waals surface area contributed by atoms with Gasteiger partial charge in [0.15, 0.2) is 0 Å². The number of rotatable bonds is 2. The molecule has 1 heterocycles. The third-order valence-corrected chi connectivity index (χ3v) is 2.37. The molecule has 2 rings (SSSR count). The van der Waals surface area contributed by atoms with Crippen LogP contribution in [0.2, 0.25) is 0 Å². The molecule has 1 amide bonds. The Morgan fingerprint density at radius 1 is 1.50 bits per heavy atom. The van der Waals surface area contributed by atoms with Gasteiger partial charge < -0.3 is 15.4 Å². The smallest absolute Gasteiger partial charge is 0.243 e. The van der Waals surface area contributed by atoms with E-state index in [1.807, 2.05) is 0 Å². The predicted molar refractivity (Wildman–Crippen MR) is 57.6 cm³/mol. The number of nitrogens with one attached hydrogen (secondary N) is 2. The molecular formula is C11H13FN2O2. The summed E-state index contributed by atoms with van der Waals surface area (Å²) in [6.45, 7) is 1.55. The Morgan fingerprint density at radius 2 is 2.31 bits per heavy atom. The topological polar surface area (TPSA) is 50.4 Å². The summed E-state index contributed by atoms with van der Waals surface area (Å²) in [7, 11) is 0. The summed E-state index contributed by atoms with van der Waals surface area (Å²) in [4.78, 5) is 11.7. The average Bonchev–Trinajstić information content (AvgIpc) is 2.33. The minimum Gasteiger partial charge on any atom is -0.378 e. The number of anilines is 1. The summed E-state index contributed by atoms with van der Waals surface area (Å²) >= 11 is 0. The predicted octanol–water partition coefficient (Wildman–Crippen LogP) is 0.753. The van der Waals surface area contributed by atoms with Gasteiger partial charge in [-0.15, -0.1) is 0 Å². The Bertz CT molecular complexity index is 378. The number of carbonyl (C=O) groups excluding carboxylic acids is 1. The number of morpholine rings is 1. The van der Waals surface area contributed by atoms with Crippen molar-refractivity contribution in [1.82, 2.24) is 5.32 Å². The fourth-order valence-electron chi connectivity index (χ4n) is 1.52. The molecule has 1 fully saturated rings. The highest BCUT2D eigenvalue weighted by atomic mass is 19.1. The zero-order valence-electron chi connectivity index (χ0n) is 8.70. The molecule has 5 heteroatoms. The van der Waals surface area contributed by atoms with Crippen molar-refractivity contribution in [2.45, 2.75) is 6.04 Å². The van der Waals surface area contributed by atoms with Crippen LogP contribution in [-0.2, 0) is 9.53 Å². The van der Waals surface area contributed by atoms with E-state index in [1.54, 1.807) is 12.1 Å². The molecule has 1 saturated heterocycles. The minimum atomic E-state index is -0.437. The Labute approximate surface area is 92.8 Å². The second-order valence-electron chi connectivity index (χ2n) is 3.55. The summed E-state index contributed by atoms with van der Waals surface area (Å²) in [5, 5.41) is 5.52. The molecule has 1 atom stereocenters. The van der Waals surface area contributed by atoms with Crippen molar-refractivity contribution < 1.29 is 13.9 Å². The Kier molecular flexibility index (Phi) is 3.48. The number of halogens is 1. The van der Waals surface area contributed by atoms with Crippen molar-refractivity contribution in [3.05, 3.63) is 30.1 Å². The summed E-state index contributed by atoms with van der Waals surface area (Å²) in [6, 6.07) is 5.67. The molecule has 1 aromatic rings. The van der Waals surface area contributed by atoms with Gasteiger partial charge >= 0.3 is 0 Å². The van der Waals surface area contributed by atoms with Crippen LogP contribution in [0.3, 0.4) is 0 Å². The maximum absolute atomic E-state index is 13.3. The van der Waals surface area contributed by atoms with Gasteiger partial charge in [0.2, 0.25) is 5.91 Å². The number of ether oxygens (including phenoxy) is 1. The fraction of sp³-hybridized carbons (Fsp3) is 0.364. The van der Waals surface area contributed by atoms with Crippen LogP contribution >= 0.6 is 0 Å². The lowest BCUT2D eigenvalue weighted by Crippen LogP contribution is -2.48. The molecule has 0 aliphatic carbocycles. The third kappa shape index (κ3) is 2.56. The van der Waals surface area contributed by atoms with Crippen molar-refractivity contribution in [3.8, 4) is 0 Å². The van der Waals surface area contributed by atoms with E-state index in [0.717, 1.165) is 0 Å². The highest BCUT2D eigenvalue weighted by Gasteiger charge is 2.21. The Balaban J connectivity index is 1.99. The number of benzene rings is 1. The molecule has 2 N–H and O–H groups in total. The van der Waals surface area contributed by atoms with Crippen LogP contribution < -0.4 is 10.6 Å². The monoisotopic (exact) mass is 224 g/mol. The first-order valence-corrected chi connectivity index (χ1v) is 5.14. The molecule has 1 unspecified atom stereocenters. The number of carbonyl (C=O) groups is 1. The summed E-state index contributed by atoms with van der Waals surface area (Å²) in [5.74, 6) is -0.711. The zero-order chi connectivity index (χ0) is 11.4. The average molecular weight is 224 g/mol. The van der Waals surface area contributed by atoms with Crippen molar-refractivity contribution in [2.75, 3.05) is 25.1 Å². The molecule has 1 aliphatic heterocycles. The van der Waals surface area contributed by atoms with Gasteiger partial charge in [-0.25, -0.2) is 4.39 Å². The van der Waals surface area contributed by atoms with E-state index in [0.29, 0.717) is 19.8 Å². The first-order valence-electron chi connectivity index (χ1n) is 5.14. The zero-order valence-corrected chi connectivity index (χ0v) is 8.70. The van der Waals surface area contributed by atoms with E-state index < -0.39 is 11.9 Å². The van der Waals surface area contributed by atoms with Gasteiger partial charge in [0, 0.05) is 6.54 Å². The summed E-state index contributed by atoms with van der Waals surface area (Å²) < 4.78 is 18.4. The molecule has 1 aliphatic rings. The number of para-hydroxylation sites is 1. The van der Waals surface area contributed by atoms with E-state index in [9.17, 15) is 9.18 Å². The van der Waals surface area contributed by atoms with Crippen LogP contribution in [0, 0.1) is 5.82 Å². The van der Waals surface area contributed by atoms with Gasteiger partial charge in [-0.05, 0) is 12.1 Å². The number of hydrogen-bond acceptors (Lipinski definition) is 3. The largest absolute Gasteiger partial charge is 0.378 e.